The zero-order valence-corrected chi connectivity index (χ0v) is 20.0. The first-order valence-corrected chi connectivity index (χ1v) is 11.5. The van der Waals surface area contributed by atoms with E-state index in [0.29, 0.717) is 42.0 Å². The van der Waals surface area contributed by atoms with Crippen LogP contribution in [0.1, 0.15) is 54.1 Å². The Morgan fingerprint density at radius 2 is 1.68 bits per heavy atom. The van der Waals surface area contributed by atoms with Gasteiger partial charge in [-0.15, -0.1) is 0 Å². The van der Waals surface area contributed by atoms with Gasteiger partial charge in [-0.25, -0.2) is 8.78 Å². The molecular weight excluding hydrogens is 452 g/mol. The number of nitrogens with zero attached hydrogens (tertiary/aromatic N) is 2. The molecule has 6 heteroatoms. The first-order chi connectivity index (χ1) is 16.2. The standard InChI is InChI=1S/C28H26ClF2N3/c1-28(2,18-33)27(22-14-24(30)16-25(31)15-22)34-12-4-7-26-20(5-3-6-21(26)17-32)13-19-8-10-23(29)11-9-19/h3,5-6,8-11,14-16,27,34H,4,7,12-13H2,1-2H3. The van der Waals surface area contributed by atoms with Crippen LogP contribution in [0, 0.1) is 39.7 Å². The van der Waals surface area contributed by atoms with E-state index in [1.807, 2.05) is 42.5 Å². The van der Waals surface area contributed by atoms with E-state index in [9.17, 15) is 19.3 Å². The summed E-state index contributed by atoms with van der Waals surface area (Å²) in [7, 11) is 0. The van der Waals surface area contributed by atoms with Crippen LogP contribution in [0.4, 0.5) is 8.78 Å². The molecule has 0 radical (unpaired) electrons. The van der Waals surface area contributed by atoms with E-state index in [2.05, 4.69) is 17.5 Å². The first kappa shape index (κ1) is 25.4. The summed E-state index contributed by atoms with van der Waals surface area (Å²) in [5.74, 6) is -1.35. The highest BCUT2D eigenvalue weighted by molar-refractivity contribution is 6.30. The largest absolute Gasteiger partial charge is 0.309 e. The Labute approximate surface area is 204 Å². The molecule has 0 spiro atoms. The molecule has 0 bridgehead atoms. The van der Waals surface area contributed by atoms with Gasteiger partial charge in [0.05, 0.1) is 29.2 Å². The van der Waals surface area contributed by atoms with Crippen LogP contribution >= 0.6 is 11.6 Å². The summed E-state index contributed by atoms with van der Waals surface area (Å²) < 4.78 is 27.7. The third-order valence-electron chi connectivity index (χ3n) is 5.88. The molecule has 0 fully saturated rings. The average Bonchev–Trinajstić information content (AvgIpc) is 2.80. The van der Waals surface area contributed by atoms with Crippen molar-refractivity contribution in [3.63, 3.8) is 0 Å². The topological polar surface area (TPSA) is 59.6 Å². The van der Waals surface area contributed by atoms with Gasteiger partial charge in [0.1, 0.15) is 11.6 Å². The Hall–Kier alpha value is -3.25. The van der Waals surface area contributed by atoms with E-state index in [4.69, 9.17) is 11.6 Å². The van der Waals surface area contributed by atoms with Crippen molar-refractivity contribution in [2.75, 3.05) is 6.54 Å². The Balaban J connectivity index is 1.75. The molecule has 0 aliphatic rings. The lowest BCUT2D eigenvalue weighted by molar-refractivity contribution is 0.322. The molecule has 3 aromatic carbocycles. The van der Waals surface area contributed by atoms with E-state index in [-0.39, 0.29) is 0 Å². The molecule has 0 saturated carbocycles. The van der Waals surface area contributed by atoms with Gasteiger partial charge in [0, 0.05) is 11.1 Å². The Kier molecular flexibility index (Phi) is 8.40. The monoisotopic (exact) mass is 477 g/mol. The molecule has 1 N–H and O–H groups in total. The molecule has 174 valence electrons. The Bertz CT molecular complexity index is 1200. The van der Waals surface area contributed by atoms with Gasteiger partial charge in [0.2, 0.25) is 0 Å². The van der Waals surface area contributed by atoms with Crippen LogP contribution in [0.15, 0.2) is 60.7 Å². The molecule has 0 saturated heterocycles. The number of rotatable bonds is 9. The number of hydrogen-bond acceptors (Lipinski definition) is 3. The van der Waals surface area contributed by atoms with Crippen molar-refractivity contribution in [3.05, 3.63) is 105 Å². The maximum atomic E-state index is 13.8. The van der Waals surface area contributed by atoms with Crippen molar-refractivity contribution in [2.24, 2.45) is 5.41 Å². The third kappa shape index (κ3) is 6.41. The maximum absolute atomic E-state index is 13.8. The van der Waals surface area contributed by atoms with E-state index in [1.165, 1.54) is 12.1 Å². The summed E-state index contributed by atoms with van der Waals surface area (Å²) in [6.07, 6.45) is 2.01. The highest BCUT2D eigenvalue weighted by Crippen LogP contribution is 2.33. The Morgan fingerprint density at radius 1 is 1.00 bits per heavy atom. The van der Waals surface area contributed by atoms with Gasteiger partial charge < -0.3 is 5.32 Å². The number of halogens is 3. The minimum Gasteiger partial charge on any atom is -0.309 e. The number of hydrogen-bond donors (Lipinski definition) is 1. The molecule has 1 unspecified atom stereocenters. The van der Waals surface area contributed by atoms with Gasteiger partial charge >= 0.3 is 0 Å². The van der Waals surface area contributed by atoms with E-state index < -0.39 is 23.1 Å². The zero-order valence-electron chi connectivity index (χ0n) is 19.2. The van der Waals surface area contributed by atoms with Gasteiger partial charge in [-0.05, 0) is 92.2 Å². The zero-order chi connectivity index (χ0) is 24.7. The van der Waals surface area contributed by atoms with Crippen molar-refractivity contribution >= 4 is 11.6 Å². The molecule has 0 amide bonds. The number of benzene rings is 3. The van der Waals surface area contributed by atoms with Gasteiger partial charge in [-0.3, -0.25) is 0 Å². The van der Waals surface area contributed by atoms with Crippen LogP contribution in [0.3, 0.4) is 0 Å². The second kappa shape index (κ2) is 11.3. The summed E-state index contributed by atoms with van der Waals surface area (Å²) in [6.45, 7) is 3.99. The molecule has 0 heterocycles. The minimum atomic E-state index is -0.884. The maximum Gasteiger partial charge on any atom is 0.126 e. The fraction of sp³-hybridized carbons (Fsp3) is 0.286. The first-order valence-electron chi connectivity index (χ1n) is 11.1. The summed E-state index contributed by atoms with van der Waals surface area (Å²) in [5, 5.41) is 23.3. The predicted molar refractivity (Wildman–Crippen MR) is 130 cm³/mol. The molecule has 0 aromatic heterocycles. The molecule has 0 aliphatic carbocycles. The normalized spacial score (nSPS) is 12.1. The van der Waals surface area contributed by atoms with Gasteiger partial charge in [0.25, 0.3) is 0 Å². The molecule has 3 rings (SSSR count). The van der Waals surface area contributed by atoms with E-state index in [1.54, 1.807) is 13.8 Å². The molecule has 0 aliphatic heterocycles. The number of nitriles is 2. The summed E-state index contributed by atoms with van der Waals surface area (Å²) in [6, 6.07) is 20.7. The van der Waals surface area contributed by atoms with Gasteiger partial charge in [-0.2, -0.15) is 10.5 Å². The lowest BCUT2D eigenvalue weighted by Gasteiger charge is -2.30. The second-order valence-electron chi connectivity index (χ2n) is 8.89. The smallest absolute Gasteiger partial charge is 0.126 e. The minimum absolute atomic E-state index is 0.393. The van der Waals surface area contributed by atoms with E-state index >= 15 is 0 Å². The lowest BCUT2D eigenvalue weighted by atomic mass is 9.81. The van der Waals surface area contributed by atoms with Crippen LogP contribution in [-0.2, 0) is 12.8 Å². The highest BCUT2D eigenvalue weighted by atomic mass is 35.5. The number of nitrogens with one attached hydrogen (secondary N) is 1. The van der Waals surface area contributed by atoms with Crippen LogP contribution in [0.2, 0.25) is 5.02 Å². The molecule has 1 atom stereocenters. The SMILES string of the molecule is CC(C)(C#N)C(NCCCc1c(C#N)cccc1Cc1ccc(Cl)cc1)c1cc(F)cc(F)c1. The van der Waals surface area contributed by atoms with Crippen molar-refractivity contribution < 1.29 is 8.78 Å². The van der Waals surface area contributed by atoms with Crippen LogP contribution in [0.25, 0.3) is 0 Å². The summed E-state index contributed by atoms with van der Waals surface area (Å²) in [5.41, 5.74) is 3.29. The van der Waals surface area contributed by atoms with Gasteiger partial charge in [0.15, 0.2) is 0 Å². The van der Waals surface area contributed by atoms with Crippen molar-refractivity contribution in [1.29, 1.82) is 10.5 Å². The third-order valence-corrected chi connectivity index (χ3v) is 6.13. The van der Waals surface area contributed by atoms with Gasteiger partial charge in [-0.1, -0.05) is 35.9 Å². The highest BCUT2D eigenvalue weighted by Gasteiger charge is 2.31. The fourth-order valence-corrected chi connectivity index (χ4v) is 4.26. The average molecular weight is 478 g/mol. The molecule has 3 aromatic rings. The molecule has 34 heavy (non-hydrogen) atoms. The molecular formula is C28H26ClF2N3. The quantitative estimate of drug-likeness (QED) is 0.341. The van der Waals surface area contributed by atoms with Crippen molar-refractivity contribution in [3.8, 4) is 12.1 Å². The summed E-state index contributed by atoms with van der Waals surface area (Å²) in [4.78, 5) is 0. The Morgan fingerprint density at radius 3 is 2.29 bits per heavy atom. The summed E-state index contributed by atoms with van der Waals surface area (Å²) >= 11 is 6.00. The van der Waals surface area contributed by atoms with Crippen LogP contribution in [0.5, 0.6) is 0 Å². The second-order valence-corrected chi connectivity index (χ2v) is 9.32. The van der Waals surface area contributed by atoms with Crippen molar-refractivity contribution in [1.82, 2.24) is 5.32 Å². The van der Waals surface area contributed by atoms with E-state index in [0.717, 1.165) is 22.8 Å². The van der Waals surface area contributed by atoms with Crippen LogP contribution in [-0.4, -0.2) is 6.54 Å². The van der Waals surface area contributed by atoms with Crippen molar-refractivity contribution in [2.45, 2.75) is 39.2 Å². The van der Waals surface area contributed by atoms with Crippen LogP contribution < -0.4 is 5.32 Å². The predicted octanol–water partition coefficient (Wildman–Crippen LogP) is 6.89. The fourth-order valence-electron chi connectivity index (χ4n) is 4.13. The molecule has 3 nitrogen and oxygen atoms in total. The lowest BCUT2D eigenvalue weighted by Crippen LogP contribution is -2.34.